The van der Waals surface area contributed by atoms with Crippen LogP contribution in [-0.4, -0.2) is 65.9 Å². The second-order valence-corrected chi connectivity index (χ2v) is 9.65. The molecule has 0 aliphatic heterocycles. The quantitative estimate of drug-likeness (QED) is 0.264. The zero-order valence-corrected chi connectivity index (χ0v) is 22.3. The number of carbonyl (C=O) groups excluding carboxylic acids is 1. The van der Waals surface area contributed by atoms with E-state index in [9.17, 15) is 14.7 Å². The standard InChI is InChI=1S/C28H40N2O5S/c1-3-5-9-19-36-20-17-30(28(33)29-22-24-10-7-6-8-11-24)16-18-35-25-14-12-23(13-15-25)21-26(27(31)32)34-4-2/h6-8,10-15,26H,3-5,9,16-22H2,1-2H3,(H,29,33)(H,31,32). The highest BCUT2D eigenvalue weighted by Crippen LogP contribution is 2.15. The van der Waals surface area contributed by atoms with Crippen molar-refractivity contribution in [2.24, 2.45) is 0 Å². The molecule has 36 heavy (non-hydrogen) atoms. The van der Waals surface area contributed by atoms with Crippen LogP contribution in [0, 0.1) is 0 Å². The smallest absolute Gasteiger partial charge is 0.333 e. The van der Waals surface area contributed by atoms with Gasteiger partial charge < -0.3 is 24.8 Å². The zero-order chi connectivity index (χ0) is 26.0. The van der Waals surface area contributed by atoms with Gasteiger partial charge in [-0.15, -0.1) is 0 Å². The molecule has 0 aromatic heterocycles. The minimum Gasteiger partial charge on any atom is -0.492 e. The summed E-state index contributed by atoms with van der Waals surface area (Å²) in [5.74, 6) is 1.72. The van der Waals surface area contributed by atoms with Crippen molar-refractivity contribution in [1.82, 2.24) is 10.2 Å². The summed E-state index contributed by atoms with van der Waals surface area (Å²) in [6.07, 6.45) is 3.10. The van der Waals surface area contributed by atoms with Gasteiger partial charge in [0.25, 0.3) is 0 Å². The number of carboxylic acid groups (broad SMARTS) is 1. The van der Waals surface area contributed by atoms with Crippen molar-refractivity contribution in [2.75, 3.05) is 37.8 Å². The SMILES string of the molecule is CCCCCSCCN(CCOc1ccc(CC(OCC)C(=O)O)cc1)C(=O)NCc1ccccc1. The topological polar surface area (TPSA) is 88.1 Å². The Kier molecular flexibility index (Phi) is 14.5. The van der Waals surface area contributed by atoms with Gasteiger partial charge in [-0.05, 0) is 42.4 Å². The number of thioether (sulfide) groups is 1. The van der Waals surface area contributed by atoms with Gasteiger partial charge in [-0.2, -0.15) is 11.8 Å². The van der Waals surface area contributed by atoms with E-state index in [1.165, 1.54) is 19.3 Å². The summed E-state index contributed by atoms with van der Waals surface area (Å²) in [5, 5.41) is 12.3. The van der Waals surface area contributed by atoms with E-state index in [-0.39, 0.29) is 6.03 Å². The molecular weight excluding hydrogens is 476 g/mol. The Morgan fingerprint density at radius 1 is 0.972 bits per heavy atom. The van der Waals surface area contributed by atoms with Gasteiger partial charge in [0.1, 0.15) is 12.4 Å². The van der Waals surface area contributed by atoms with E-state index in [0.29, 0.717) is 45.0 Å². The third kappa shape index (κ3) is 11.8. The fraction of sp³-hybridized carbons (Fsp3) is 0.500. The largest absolute Gasteiger partial charge is 0.492 e. The summed E-state index contributed by atoms with van der Waals surface area (Å²) < 4.78 is 11.2. The zero-order valence-electron chi connectivity index (χ0n) is 21.5. The number of carbonyl (C=O) groups is 2. The highest BCUT2D eigenvalue weighted by molar-refractivity contribution is 7.99. The molecular formula is C28H40N2O5S. The third-order valence-corrected chi connectivity index (χ3v) is 6.64. The minimum absolute atomic E-state index is 0.0948. The van der Waals surface area contributed by atoms with Crippen molar-refractivity contribution in [1.29, 1.82) is 0 Å². The molecule has 1 atom stereocenters. The Morgan fingerprint density at radius 3 is 2.39 bits per heavy atom. The van der Waals surface area contributed by atoms with Crippen molar-refractivity contribution in [3.63, 3.8) is 0 Å². The van der Waals surface area contributed by atoms with Gasteiger partial charge in [0, 0.05) is 31.9 Å². The van der Waals surface area contributed by atoms with Crippen LogP contribution in [0.3, 0.4) is 0 Å². The lowest BCUT2D eigenvalue weighted by molar-refractivity contribution is -0.149. The lowest BCUT2D eigenvalue weighted by Crippen LogP contribution is -2.43. The van der Waals surface area contributed by atoms with Crippen LogP contribution in [-0.2, 0) is 22.5 Å². The lowest BCUT2D eigenvalue weighted by atomic mass is 10.1. The van der Waals surface area contributed by atoms with Crippen LogP contribution in [0.15, 0.2) is 54.6 Å². The fourth-order valence-electron chi connectivity index (χ4n) is 3.56. The maximum Gasteiger partial charge on any atom is 0.333 e. The number of nitrogens with one attached hydrogen (secondary N) is 1. The van der Waals surface area contributed by atoms with E-state index in [0.717, 1.165) is 22.6 Å². The molecule has 0 bridgehead atoms. The predicted octanol–water partition coefficient (Wildman–Crippen LogP) is 5.23. The summed E-state index contributed by atoms with van der Waals surface area (Å²) >= 11 is 1.88. The molecule has 2 amide bonds. The Labute approximate surface area is 219 Å². The molecule has 2 rings (SSSR count). The van der Waals surface area contributed by atoms with Crippen LogP contribution in [0.1, 0.15) is 44.2 Å². The number of rotatable bonds is 18. The Morgan fingerprint density at radius 2 is 1.72 bits per heavy atom. The van der Waals surface area contributed by atoms with Crippen LogP contribution in [0.25, 0.3) is 0 Å². The molecule has 0 aliphatic rings. The van der Waals surface area contributed by atoms with E-state index in [4.69, 9.17) is 9.47 Å². The van der Waals surface area contributed by atoms with Gasteiger partial charge in [-0.3, -0.25) is 0 Å². The molecule has 198 valence electrons. The molecule has 2 N–H and O–H groups in total. The van der Waals surface area contributed by atoms with Crippen LogP contribution < -0.4 is 10.1 Å². The van der Waals surface area contributed by atoms with Crippen LogP contribution in [0.5, 0.6) is 5.75 Å². The first-order valence-corrected chi connectivity index (χ1v) is 13.9. The van der Waals surface area contributed by atoms with Gasteiger partial charge in [0.2, 0.25) is 0 Å². The van der Waals surface area contributed by atoms with Gasteiger partial charge in [-0.25, -0.2) is 9.59 Å². The molecule has 0 radical (unpaired) electrons. The average molecular weight is 517 g/mol. The summed E-state index contributed by atoms with van der Waals surface area (Å²) in [7, 11) is 0. The van der Waals surface area contributed by atoms with Crippen LogP contribution in [0.4, 0.5) is 4.79 Å². The minimum atomic E-state index is -0.966. The third-order valence-electron chi connectivity index (χ3n) is 5.59. The molecule has 7 nitrogen and oxygen atoms in total. The Hall–Kier alpha value is -2.71. The summed E-state index contributed by atoms with van der Waals surface area (Å²) in [6.45, 7) is 6.33. The first-order valence-electron chi connectivity index (χ1n) is 12.7. The van der Waals surface area contributed by atoms with Crippen molar-refractivity contribution in [3.8, 4) is 5.75 Å². The molecule has 1 unspecified atom stereocenters. The van der Waals surface area contributed by atoms with Crippen molar-refractivity contribution < 1.29 is 24.2 Å². The first kappa shape index (κ1) is 29.5. The van der Waals surface area contributed by atoms with E-state index in [2.05, 4.69) is 12.2 Å². The molecule has 0 spiro atoms. The molecule has 2 aromatic carbocycles. The number of unbranched alkanes of at least 4 members (excludes halogenated alkanes) is 2. The molecule has 0 aliphatic carbocycles. The number of ether oxygens (including phenoxy) is 2. The van der Waals surface area contributed by atoms with E-state index >= 15 is 0 Å². The summed E-state index contributed by atoms with van der Waals surface area (Å²) in [5.41, 5.74) is 1.93. The van der Waals surface area contributed by atoms with Gasteiger partial charge in [0.05, 0.1) is 6.54 Å². The number of urea groups is 1. The van der Waals surface area contributed by atoms with E-state index in [1.807, 2.05) is 71.3 Å². The number of benzene rings is 2. The maximum absolute atomic E-state index is 12.9. The molecule has 0 saturated carbocycles. The maximum atomic E-state index is 12.9. The lowest BCUT2D eigenvalue weighted by Gasteiger charge is -2.23. The first-order chi connectivity index (χ1) is 17.5. The normalized spacial score (nSPS) is 11.6. The molecule has 0 saturated heterocycles. The second kappa shape index (κ2) is 17.7. The summed E-state index contributed by atoms with van der Waals surface area (Å²) in [4.78, 5) is 26.0. The van der Waals surface area contributed by atoms with Gasteiger partial charge >= 0.3 is 12.0 Å². The van der Waals surface area contributed by atoms with E-state index < -0.39 is 12.1 Å². The van der Waals surface area contributed by atoms with Gasteiger partial charge in [0.15, 0.2) is 6.10 Å². The Bertz CT molecular complexity index is 879. The van der Waals surface area contributed by atoms with E-state index in [1.54, 1.807) is 6.92 Å². The second-order valence-electron chi connectivity index (χ2n) is 8.43. The monoisotopic (exact) mass is 516 g/mol. The fourth-order valence-corrected chi connectivity index (χ4v) is 4.52. The van der Waals surface area contributed by atoms with Crippen LogP contribution in [0.2, 0.25) is 0 Å². The predicted molar refractivity (Wildman–Crippen MR) is 146 cm³/mol. The number of carboxylic acids is 1. The molecule has 2 aromatic rings. The molecule has 8 heteroatoms. The van der Waals surface area contributed by atoms with Crippen molar-refractivity contribution >= 4 is 23.8 Å². The number of nitrogens with zero attached hydrogens (tertiary/aromatic N) is 1. The van der Waals surface area contributed by atoms with Gasteiger partial charge in [-0.1, -0.05) is 62.2 Å². The number of amides is 2. The van der Waals surface area contributed by atoms with Crippen molar-refractivity contribution in [3.05, 3.63) is 65.7 Å². The average Bonchev–Trinajstić information content (AvgIpc) is 2.89. The van der Waals surface area contributed by atoms with Crippen LogP contribution >= 0.6 is 11.8 Å². The highest BCUT2D eigenvalue weighted by atomic mass is 32.2. The highest BCUT2D eigenvalue weighted by Gasteiger charge is 2.18. The number of hydrogen-bond donors (Lipinski definition) is 2. The van der Waals surface area contributed by atoms with Crippen molar-refractivity contribution in [2.45, 2.75) is 52.2 Å². The molecule has 0 heterocycles. The number of aliphatic carboxylic acids is 1. The summed E-state index contributed by atoms with van der Waals surface area (Å²) in [6, 6.07) is 17.1. The number of hydrogen-bond acceptors (Lipinski definition) is 5. The Balaban J connectivity index is 1.84. The molecule has 0 fully saturated rings.